The molecule has 158 valence electrons. The van der Waals surface area contributed by atoms with Crippen molar-refractivity contribution in [3.05, 3.63) is 76.6 Å². The van der Waals surface area contributed by atoms with Gasteiger partial charge in [0.05, 0.1) is 12.6 Å². The van der Waals surface area contributed by atoms with Crippen molar-refractivity contribution in [2.24, 2.45) is 0 Å². The summed E-state index contributed by atoms with van der Waals surface area (Å²) in [7, 11) is 4.66. The van der Waals surface area contributed by atoms with Crippen LogP contribution in [0.5, 0.6) is 0 Å². The van der Waals surface area contributed by atoms with Crippen LogP contribution in [-0.2, 0) is 15.1 Å². The molecule has 3 rings (SSSR count). The Morgan fingerprint density at radius 2 is 1.90 bits per heavy atom. The van der Waals surface area contributed by atoms with Gasteiger partial charge in [0.15, 0.2) is 0 Å². The highest BCUT2D eigenvalue weighted by molar-refractivity contribution is 6.30. The molecule has 1 heterocycles. The number of halogens is 2. The number of hydrogen-bond donors (Lipinski definition) is 0. The molecule has 0 aliphatic carbocycles. The molecule has 1 aliphatic rings. The topological polar surface area (TPSA) is 49.9 Å². The first-order valence-corrected chi connectivity index (χ1v) is 9.94. The summed E-state index contributed by atoms with van der Waals surface area (Å²) in [6.07, 6.45) is 2.28. The zero-order chi connectivity index (χ0) is 21.9. The molecule has 0 radical (unpaired) electrons. The fourth-order valence-electron chi connectivity index (χ4n) is 3.82. The van der Waals surface area contributed by atoms with Gasteiger partial charge in [0.2, 0.25) is 0 Å². The van der Waals surface area contributed by atoms with Gasteiger partial charge < -0.3 is 14.5 Å². The second kappa shape index (κ2) is 8.88. The van der Waals surface area contributed by atoms with Crippen LogP contribution < -0.4 is 0 Å². The second-order valence-corrected chi connectivity index (χ2v) is 7.86. The van der Waals surface area contributed by atoms with Crippen molar-refractivity contribution in [1.29, 1.82) is 0 Å². The van der Waals surface area contributed by atoms with E-state index in [-0.39, 0.29) is 25.0 Å². The van der Waals surface area contributed by atoms with Crippen molar-refractivity contribution in [3.8, 4) is 0 Å². The minimum atomic E-state index is -0.930. The van der Waals surface area contributed by atoms with Crippen molar-refractivity contribution < 1.29 is 18.7 Å². The van der Waals surface area contributed by atoms with E-state index in [0.717, 1.165) is 5.56 Å². The van der Waals surface area contributed by atoms with Gasteiger partial charge >= 0.3 is 12.0 Å². The van der Waals surface area contributed by atoms with Crippen molar-refractivity contribution in [1.82, 2.24) is 9.80 Å². The highest BCUT2D eigenvalue weighted by Crippen LogP contribution is 2.44. The number of amides is 2. The van der Waals surface area contributed by atoms with Crippen LogP contribution in [-0.4, -0.2) is 49.6 Å². The van der Waals surface area contributed by atoms with E-state index in [2.05, 4.69) is 0 Å². The number of benzene rings is 2. The lowest BCUT2D eigenvalue weighted by molar-refractivity contribution is -0.141. The van der Waals surface area contributed by atoms with Gasteiger partial charge in [0.25, 0.3) is 0 Å². The van der Waals surface area contributed by atoms with Crippen LogP contribution in [0.3, 0.4) is 0 Å². The Balaban J connectivity index is 2.18. The average Bonchev–Trinajstić information content (AvgIpc) is 3.14. The van der Waals surface area contributed by atoms with Crippen molar-refractivity contribution >= 4 is 29.2 Å². The molecular weight excluding hydrogens is 407 g/mol. The number of esters is 1. The van der Waals surface area contributed by atoms with Crippen LogP contribution in [0, 0.1) is 5.82 Å². The van der Waals surface area contributed by atoms with Crippen LogP contribution >= 0.6 is 11.6 Å². The maximum absolute atomic E-state index is 14.6. The smallest absolute Gasteiger partial charge is 0.320 e. The Morgan fingerprint density at radius 1 is 1.20 bits per heavy atom. The fraction of sp³-hybridized carbons (Fsp3) is 0.304. The van der Waals surface area contributed by atoms with Crippen molar-refractivity contribution in [3.63, 3.8) is 0 Å². The number of urea groups is 1. The zero-order valence-corrected chi connectivity index (χ0v) is 17.9. The summed E-state index contributed by atoms with van der Waals surface area (Å²) in [5, 5.41) is 0.407. The third kappa shape index (κ3) is 4.19. The molecule has 7 heteroatoms. The summed E-state index contributed by atoms with van der Waals surface area (Å²) >= 11 is 6.11. The lowest BCUT2D eigenvalue weighted by Gasteiger charge is -2.39. The van der Waals surface area contributed by atoms with Gasteiger partial charge in [0, 0.05) is 37.6 Å². The standard InChI is InChI=1S/C23H24ClFN2O3/c1-26(2)22(29)27-15-16(19-13-18(24)9-10-20(19)25)14-23(27,12-11-21(28)30-3)17-7-5-4-6-8-17/h4-10,13-14H,11-12,15H2,1-3H3. The molecule has 5 nitrogen and oxygen atoms in total. The van der Waals surface area contributed by atoms with Gasteiger partial charge in [-0.25, -0.2) is 9.18 Å². The van der Waals surface area contributed by atoms with Gasteiger partial charge in [-0.3, -0.25) is 4.79 Å². The van der Waals surface area contributed by atoms with E-state index in [1.165, 1.54) is 24.1 Å². The average molecular weight is 431 g/mol. The molecule has 0 N–H and O–H groups in total. The van der Waals surface area contributed by atoms with Gasteiger partial charge in [-0.1, -0.05) is 41.9 Å². The second-order valence-electron chi connectivity index (χ2n) is 7.42. The molecule has 1 atom stereocenters. The Kier molecular flexibility index (Phi) is 6.46. The highest BCUT2D eigenvalue weighted by atomic mass is 35.5. The van der Waals surface area contributed by atoms with Gasteiger partial charge in [0.1, 0.15) is 5.82 Å². The Hall–Kier alpha value is -2.86. The van der Waals surface area contributed by atoms with Crippen LogP contribution in [0.25, 0.3) is 5.57 Å². The van der Waals surface area contributed by atoms with E-state index >= 15 is 0 Å². The lowest BCUT2D eigenvalue weighted by Crippen LogP contribution is -2.49. The van der Waals surface area contributed by atoms with E-state index < -0.39 is 11.4 Å². The number of methoxy groups -OCH3 is 1. The van der Waals surface area contributed by atoms with Crippen molar-refractivity contribution in [2.75, 3.05) is 27.7 Å². The maximum Gasteiger partial charge on any atom is 0.320 e. The Labute approximate surface area is 180 Å². The Bertz CT molecular complexity index is 978. The molecule has 0 bridgehead atoms. The van der Waals surface area contributed by atoms with Crippen LogP contribution in [0.4, 0.5) is 9.18 Å². The van der Waals surface area contributed by atoms with Crippen molar-refractivity contribution in [2.45, 2.75) is 18.4 Å². The van der Waals surface area contributed by atoms with E-state index in [4.69, 9.17) is 16.3 Å². The first-order chi connectivity index (χ1) is 14.3. The SMILES string of the molecule is COC(=O)CCC1(c2ccccc2)C=C(c2cc(Cl)ccc2F)CN1C(=O)N(C)C. The minimum Gasteiger partial charge on any atom is -0.469 e. The molecule has 1 aliphatic heterocycles. The molecule has 0 saturated heterocycles. The summed E-state index contributed by atoms with van der Waals surface area (Å²) in [4.78, 5) is 28.3. The van der Waals surface area contributed by atoms with Crippen LogP contribution in [0.15, 0.2) is 54.6 Å². The molecular formula is C23H24ClFN2O3. The van der Waals surface area contributed by atoms with Gasteiger partial charge in [-0.2, -0.15) is 0 Å². The number of hydrogen-bond acceptors (Lipinski definition) is 3. The molecule has 0 saturated carbocycles. The molecule has 2 amide bonds. The largest absolute Gasteiger partial charge is 0.469 e. The molecule has 0 fully saturated rings. The predicted molar refractivity (Wildman–Crippen MR) is 115 cm³/mol. The van der Waals surface area contributed by atoms with Gasteiger partial charge in [-0.15, -0.1) is 0 Å². The van der Waals surface area contributed by atoms with Crippen LogP contribution in [0.1, 0.15) is 24.0 Å². The molecule has 2 aromatic rings. The van der Waals surface area contributed by atoms with E-state index in [1.54, 1.807) is 25.1 Å². The summed E-state index contributed by atoms with van der Waals surface area (Å²) < 4.78 is 19.5. The lowest BCUT2D eigenvalue weighted by atomic mass is 9.84. The third-order valence-corrected chi connectivity index (χ3v) is 5.56. The van der Waals surface area contributed by atoms with E-state index in [1.807, 2.05) is 36.4 Å². The third-order valence-electron chi connectivity index (χ3n) is 5.32. The predicted octanol–water partition coefficient (Wildman–Crippen LogP) is 4.71. The number of carbonyl (C=O) groups is 2. The molecule has 30 heavy (non-hydrogen) atoms. The monoisotopic (exact) mass is 430 g/mol. The Morgan fingerprint density at radius 3 is 2.53 bits per heavy atom. The van der Waals surface area contributed by atoms with E-state index in [0.29, 0.717) is 22.6 Å². The highest BCUT2D eigenvalue weighted by Gasteiger charge is 2.45. The summed E-state index contributed by atoms with van der Waals surface area (Å²) in [5.74, 6) is -0.793. The number of rotatable bonds is 5. The number of carbonyl (C=O) groups excluding carboxylic acids is 2. The summed E-state index contributed by atoms with van der Waals surface area (Å²) in [6.45, 7) is 0.185. The van der Waals surface area contributed by atoms with Gasteiger partial charge in [-0.05, 0) is 41.8 Å². The molecule has 2 aromatic carbocycles. The zero-order valence-electron chi connectivity index (χ0n) is 17.2. The normalized spacial score (nSPS) is 18.2. The summed E-state index contributed by atoms with van der Waals surface area (Å²) in [5.41, 5.74) is 0.886. The number of nitrogens with zero attached hydrogens (tertiary/aromatic N) is 2. The molecule has 0 aromatic heterocycles. The fourth-order valence-corrected chi connectivity index (χ4v) is 3.99. The number of ether oxygens (including phenoxy) is 1. The maximum atomic E-state index is 14.6. The molecule has 1 unspecified atom stereocenters. The minimum absolute atomic E-state index is 0.102. The first kappa shape index (κ1) is 21.8. The molecule has 0 spiro atoms. The first-order valence-electron chi connectivity index (χ1n) is 9.57. The van der Waals surface area contributed by atoms with Crippen LogP contribution in [0.2, 0.25) is 5.02 Å². The summed E-state index contributed by atoms with van der Waals surface area (Å²) in [6, 6.07) is 13.6. The quantitative estimate of drug-likeness (QED) is 0.645. The van der Waals surface area contributed by atoms with E-state index in [9.17, 15) is 14.0 Å².